The first-order chi connectivity index (χ1) is 12.6. The van der Waals surface area contributed by atoms with Gasteiger partial charge in [-0.25, -0.2) is 4.68 Å². The van der Waals surface area contributed by atoms with E-state index in [0.29, 0.717) is 17.9 Å². The molecule has 2 aromatic carbocycles. The van der Waals surface area contributed by atoms with E-state index in [1.807, 2.05) is 62.4 Å². The lowest BCUT2D eigenvalue weighted by Gasteiger charge is -2.11. The number of carbonyl (C=O) groups is 1. The molecule has 0 aliphatic heterocycles. The molecule has 0 radical (unpaired) electrons. The van der Waals surface area contributed by atoms with Gasteiger partial charge in [-0.2, -0.15) is 0 Å². The number of aliphatic hydroxyl groups is 1. The minimum absolute atomic E-state index is 0.0531. The summed E-state index contributed by atoms with van der Waals surface area (Å²) in [5.41, 5.74) is 5.05. The summed E-state index contributed by atoms with van der Waals surface area (Å²) in [6.45, 7) is 4.37. The third kappa shape index (κ3) is 3.97. The Morgan fingerprint density at radius 3 is 2.62 bits per heavy atom. The summed E-state index contributed by atoms with van der Waals surface area (Å²) < 4.78 is 1.80. The van der Waals surface area contributed by atoms with Crippen LogP contribution in [0.3, 0.4) is 0 Å². The van der Waals surface area contributed by atoms with E-state index in [-0.39, 0.29) is 18.9 Å². The fourth-order valence-corrected chi connectivity index (χ4v) is 2.80. The predicted molar refractivity (Wildman–Crippen MR) is 99.7 cm³/mol. The van der Waals surface area contributed by atoms with Crippen LogP contribution < -0.4 is 5.32 Å². The molecule has 0 spiro atoms. The molecule has 0 saturated carbocycles. The maximum atomic E-state index is 12.4. The number of hydrogen-bond acceptors (Lipinski definition) is 4. The number of benzene rings is 2. The number of nitrogens with zero attached hydrogens (tertiary/aromatic N) is 3. The molecule has 3 aromatic rings. The first-order valence-corrected chi connectivity index (χ1v) is 8.50. The van der Waals surface area contributed by atoms with E-state index in [1.165, 1.54) is 0 Å². The standard InChI is InChI=1S/C20H22N4O2/c1-14-17(13-25)9-6-10-18(14)21-20(26)11-19-15(2)24(23-22-19)12-16-7-4-3-5-8-16/h3-10,25H,11-13H2,1-2H3,(H,21,26). The third-order valence-corrected chi connectivity index (χ3v) is 4.47. The number of amides is 1. The van der Waals surface area contributed by atoms with Crippen molar-refractivity contribution in [2.45, 2.75) is 33.4 Å². The van der Waals surface area contributed by atoms with Gasteiger partial charge in [-0.05, 0) is 36.6 Å². The lowest BCUT2D eigenvalue weighted by atomic mass is 10.1. The van der Waals surface area contributed by atoms with Gasteiger partial charge in [-0.15, -0.1) is 5.10 Å². The normalized spacial score (nSPS) is 10.7. The minimum atomic E-state index is -0.155. The summed E-state index contributed by atoms with van der Waals surface area (Å²) in [5, 5.41) is 20.6. The summed E-state index contributed by atoms with van der Waals surface area (Å²) in [6.07, 6.45) is 0.156. The van der Waals surface area contributed by atoms with Crippen molar-refractivity contribution in [1.29, 1.82) is 0 Å². The number of hydrogen-bond donors (Lipinski definition) is 2. The van der Waals surface area contributed by atoms with Crippen LogP contribution in [0, 0.1) is 13.8 Å². The maximum Gasteiger partial charge on any atom is 0.230 e. The molecule has 0 aliphatic rings. The molecule has 0 unspecified atom stereocenters. The van der Waals surface area contributed by atoms with Gasteiger partial charge in [0.1, 0.15) is 0 Å². The average molecular weight is 350 g/mol. The van der Waals surface area contributed by atoms with Crippen LogP contribution in [-0.2, 0) is 24.4 Å². The highest BCUT2D eigenvalue weighted by atomic mass is 16.3. The maximum absolute atomic E-state index is 12.4. The second kappa shape index (κ2) is 7.93. The van der Waals surface area contributed by atoms with Crippen molar-refractivity contribution in [3.05, 3.63) is 76.6 Å². The van der Waals surface area contributed by atoms with Crippen molar-refractivity contribution in [2.75, 3.05) is 5.32 Å². The van der Waals surface area contributed by atoms with Gasteiger partial charge in [0.05, 0.1) is 31.0 Å². The zero-order valence-corrected chi connectivity index (χ0v) is 14.9. The Morgan fingerprint density at radius 1 is 1.12 bits per heavy atom. The largest absolute Gasteiger partial charge is 0.392 e. The van der Waals surface area contributed by atoms with Crippen molar-refractivity contribution in [3.63, 3.8) is 0 Å². The molecule has 134 valence electrons. The number of aliphatic hydroxyl groups excluding tert-OH is 1. The summed E-state index contributed by atoms with van der Waals surface area (Å²) in [6, 6.07) is 15.5. The lowest BCUT2D eigenvalue weighted by Crippen LogP contribution is -2.16. The van der Waals surface area contributed by atoms with Crippen LogP contribution >= 0.6 is 0 Å². The van der Waals surface area contributed by atoms with Crippen LogP contribution in [-0.4, -0.2) is 26.0 Å². The monoisotopic (exact) mass is 350 g/mol. The molecule has 2 N–H and O–H groups in total. The predicted octanol–water partition coefficient (Wildman–Crippen LogP) is 2.62. The minimum Gasteiger partial charge on any atom is -0.392 e. The van der Waals surface area contributed by atoms with Gasteiger partial charge in [-0.1, -0.05) is 47.7 Å². The lowest BCUT2D eigenvalue weighted by molar-refractivity contribution is -0.115. The number of nitrogens with one attached hydrogen (secondary N) is 1. The molecule has 6 heteroatoms. The summed E-state index contributed by atoms with van der Waals surface area (Å²) >= 11 is 0. The quantitative estimate of drug-likeness (QED) is 0.716. The first kappa shape index (κ1) is 17.8. The number of carbonyl (C=O) groups excluding carboxylic acids is 1. The van der Waals surface area contributed by atoms with E-state index in [9.17, 15) is 9.90 Å². The summed E-state index contributed by atoms with van der Waals surface area (Å²) in [5.74, 6) is -0.155. The van der Waals surface area contributed by atoms with Crippen LogP contribution in [0.5, 0.6) is 0 Å². The Hall–Kier alpha value is -2.99. The van der Waals surface area contributed by atoms with Crippen LogP contribution in [0.2, 0.25) is 0 Å². The molecular formula is C20H22N4O2. The Morgan fingerprint density at radius 2 is 1.88 bits per heavy atom. The van der Waals surface area contributed by atoms with E-state index in [0.717, 1.165) is 22.4 Å². The van der Waals surface area contributed by atoms with Crippen LogP contribution in [0.15, 0.2) is 48.5 Å². The van der Waals surface area contributed by atoms with Gasteiger partial charge in [0.25, 0.3) is 0 Å². The molecular weight excluding hydrogens is 328 g/mol. The first-order valence-electron chi connectivity index (χ1n) is 8.50. The van der Waals surface area contributed by atoms with E-state index < -0.39 is 0 Å². The highest BCUT2D eigenvalue weighted by Crippen LogP contribution is 2.19. The highest BCUT2D eigenvalue weighted by Gasteiger charge is 2.14. The van der Waals surface area contributed by atoms with Gasteiger partial charge in [0.2, 0.25) is 5.91 Å². The fourth-order valence-electron chi connectivity index (χ4n) is 2.80. The molecule has 0 fully saturated rings. The molecule has 1 heterocycles. The van der Waals surface area contributed by atoms with Gasteiger partial charge in [-0.3, -0.25) is 4.79 Å². The van der Waals surface area contributed by atoms with Gasteiger partial charge in [0.15, 0.2) is 0 Å². The molecule has 26 heavy (non-hydrogen) atoms. The second-order valence-electron chi connectivity index (χ2n) is 6.24. The van der Waals surface area contributed by atoms with Crippen molar-refractivity contribution >= 4 is 11.6 Å². The Balaban J connectivity index is 1.69. The highest BCUT2D eigenvalue weighted by molar-refractivity contribution is 5.93. The van der Waals surface area contributed by atoms with Crippen molar-refractivity contribution < 1.29 is 9.90 Å². The molecule has 0 aliphatic carbocycles. The van der Waals surface area contributed by atoms with E-state index in [2.05, 4.69) is 15.6 Å². The SMILES string of the molecule is Cc1c(CO)cccc1NC(=O)Cc1nnn(Cc2ccccc2)c1C. The molecule has 6 nitrogen and oxygen atoms in total. The van der Waals surface area contributed by atoms with Crippen molar-refractivity contribution in [2.24, 2.45) is 0 Å². The second-order valence-corrected chi connectivity index (χ2v) is 6.24. The molecule has 0 atom stereocenters. The zero-order chi connectivity index (χ0) is 18.5. The van der Waals surface area contributed by atoms with Crippen molar-refractivity contribution in [3.8, 4) is 0 Å². The van der Waals surface area contributed by atoms with Crippen LogP contribution in [0.25, 0.3) is 0 Å². The molecule has 1 amide bonds. The Labute approximate surface area is 152 Å². The fraction of sp³-hybridized carbons (Fsp3) is 0.250. The smallest absolute Gasteiger partial charge is 0.230 e. The third-order valence-electron chi connectivity index (χ3n) is 4.47. The van der Waals surface area contributed by atoms with Crippen molar-refractivity contribution in [1.82, 2.24) is 15.0 Å². The Bertz CT molecular complexity index is 903. The van der Waals surface area contributed by atoms with E-state index >= 15 is 0 Å². The van der Waals surface area contributed by atoms with E-state index in [1.54, 1.807) is 4.68 Å². The van der Waals surface area contributed by atoms with Gasteiger partial charge >= 0.3 is 0 Å². The van der Waals surface area contributed by atoms with Gasteiger partial charge < -0.3 is 10.4 Å². The van der Waals surface area contributed by atoms with Gasteiger partial charge in [0, 0.05) is 5.69 Å². The van der Waals surface area contributed by atoms with Crippen LogP contribution in [0.4, 0.5) is 5.69 Å². The topological polar surface area (TPSA) is 80.0 Å². The summed E-state index contributed by atoms with van der Waals surface area (Å²) in [7, 11) is 0. The molecule has 0 saturated heterocycles. The average Bonchev–Trinajstić information content (AvgIpc) is 2.97. The summed E-state index contributed by atoms with van der Waals surface area (Å²) in [4.78, 5) is 12.4. The zero-order valence-electron chi connectivity index (χ0n) is 14.9. The Kier molecular flexibility index (Phi) is 5.43. The van der Waals surface area contributed by atoms with E-state index in [4.69, 9.17) is 0 Å². The number of rotatable bonds is 6. The number of anilines is 1. The molecule has 3 rings (SSSR count). The molecule has 0 bridgehead atoms. The molecule has 1 aromatic heterocycles. The van der Waals surface area contributed by atoms with Crippen LogP contribution in [0.1, 0.15) is 28.1 Å². The number of aromatic nitrogens is 3.